The largest absolute Gasteiger partial charge is 0.389 e. The lowest BCUT2D eigenvalue weighted by Crippen LogP contribution is -2.50. The van der Waals surface area contributed by atoms with Gasteiger partial charge in [0.2, 0.25) is 6.41 Å². The Labute approximate surface area is 236 Å². The van der Waals surface area contributed by atoms with Crippen molar-refractivity contribution in [1.29, 1.82) is 0 Å². The van der Waals surface area contributed by atoms with Crippen LogP contribution in [0.3, 0.4) is 0 Å². The summed E-state index contributed by atoms with van der Waals surface area (Å²) in [4.78, 5) is 39.5. The molecular weight excluding hydrogens is 554 g/mol. The molecule has 14 heteroatoms. The summed E-state index contributed by atoms with van der Waals surface area (Å²) < 4.78 is 26.8. The Hall–Kier alpha value is -3.62. The molecule has 2 aromatic heterocycles. The summed E-state index contributed by atoms with van der Waals surface area (Å²) in [5, 5.41) is 11.2. The average molecular weight is 586 g/mol. The Morgan fingerprint density at radius 1 is 1.23 bits per heavy atom. The predicted molar refractivity (Wildman–Crippen MR) is 149 cm³/mol. The fourth-order valence-electron chi connectivity index (χ4n) is 4.46. The van der Waals surface area contributed by atoms with E-state index in [2.05, 4.69) is 25.5 Å². The fourth-order valence-corrected chi connectivity index (χ4v) is 6.97. The van der Waals surface area contributed by atoms with Gasteiger partial charge in [0.25, 0.3) is 5.91 Å². The van der Waals surface area contributed by atoms with Gasteiger partial charge in [-0.25, -0.2) is 13.4 Å². The Kier molecular flexibility index (Phi) is 8.28. The number of thiazole rings is 1. The van der Waals surface area contributed by atoms with Crippen molar-refractivity contribution in [3.63, 3.8) is 0 Å². The van der Waals surface area contributed by atoms with Crippen LogP contribution in [0.2, 0.25) is 0 Å². The van der Waals surface area contributed by atoms with Crippen molar-refractivity contribution in [2.75, 3.05) is 25.0 Å². The number of carbonyl (C=O) groups is 2. The number of nitrogens with zero attached hydrogens (tertiary/aromatic N) is 6. The molecule has 2 aliphatic rings. The molecule has 0 spiro atoms. The molecule has 1 aliphatic heterocycles. The third-order valence-electron chi connectivity index (χ3n) is 6.82. The van der Waals surface area contributed by atoms with Crippen LogP contribution in [0.1, 0.15) is 35.9 Å². The van der Waals surface area contributed by atoms with E-state index in [0.29, 0.717) is 42.3 Å². The van der Waals surface area contributed by atoms with E-state index in [-0.39, 0.29) is 28.5 Å². The standard InChI is InChI=1S/C26H31N7O5S2/c1-18-14-32(11-12-33(18)17-34)15-21-13-27-26(39-21)28-25(35)24(30-38-16-20-9-10-31(2)29-20)19-3-5-22(6-4-19)40(36,37)23-7-8-23/h3-6,9-10,13,17-18,23H,7-8,11-12,14-16H2,1-2H3,(H,27,28,35)/b30-24+/t18-/m0/s1. The number of hydrogen-bond acceptors (Lipinski definition) is 10. The number of anilines is 1. The number of sulfone groups is 1. The number of rotatable bonds is 11. The first kappa shape index (κ1) is 27.9. The molecule has 0 bridgehead atoms. The summed E-state index contributed by atoms with van der Waals surface area (Å²) in [6.45, 7) is 4.93. The zero-order valence-corrected chi connectivity index (χ0v) is 23.9. The van der Waals surface area contributed by atoms with Gasteiger partial charge in [-0.3, -0.25) is 24.5 Å². The van der Waals surface area contributed by atoms with Gasteiger partial charge in [0.05, 0.1) is 10.1 Å². The van der Waals surface area contributed by atoms with E-state index in [4.69, 9.17) is 4.84 Å². The van der Waals surface area contributed by atoms with Gasteiger partial charge in [0, 0.05) is 62.1 Å². The minimum absolute atomic E-state index is 0.0122. The van der Waals surface area contributed by atoms with E-state index in [1.807, 2.05) is 6.92 Å². The highest BCUT2D eigenvalue weighted by Crippen LogP contribution is 2.33. The lowest BCUT2D eigenvalue weighted by Gasteiger charge is -2.37. The number of aromatic nitrogens is 3. The molecule has 12 nitrogen and oxygen atoms in total. The Balaban J connectivity index is 1.29. The second-order valence-electron chi connectivity index (χ2n) is 9.98. The van der Waals surface area contributed by atoms with E-state index >= 15 is 0 Å². The number of carbonyl (C=O) groups excluding carboxylic acids is 2. The molecule has 1 saturated carbocycles. The Bertz CT molecular complexity index is 1500. The first-order valence-electron chi connectivity index (χ1n) is 12.9. The molecular formula is C26H31N7O5S2. The van der Waals surface area contributed by atoms with Crippen molar-refractivity contribution in [1.82, 2.24) is 24.6 Å². The Morgan fingerprint density at radius 3 is 2.65 bits per heavy atom. The fraction of sp³-hybridized carbons (Fsp3) is 0.423. The number of hydrogen-bond donors (Lipinski definition) is 1. The highest BCUT2D eigenvalue weighted by Gasteiger charge is 2.36. The molecule has 5 rings (SSSR count). The summed E-state index contributed by atoms with van der Waals surface area (Å²) >= 11 is 1.36. The molecule has 1 atom stereocenters. The van der Waals surface area contributed by atoms with Crippen molar-refractivity contribution in [3.8, 4) is 0 Å². The minimum Gasteiger partial charge on any atom is -0.389 e. The van der Waals surface area contributed by atoms with E-state index < -0.39 is 15.7 Å². The SMILES string of the molecule is C[C@H]1CN(Cc2cnc(NC(=O)/C(=N/OCc3ccn(C)n3)c3ccc(S(=O)(=O)C4CC4)cc3)s2)CCN1C=O. The number of nitrogens with one attached hydrogen (secondary N) is 1. The second kappa shape index (κ2) is 11.9. The van der Waals surface area contributed by atoms with Gasteiger partial charge in [0.1, 0.15) is 5.69 Å². The van der Waals surface area contributed by atoms with E-state index in [1.54, 1.807) is 47.2 Å². The quantitative estimate of drug-likeness (QED) is 0.205. The van der Waals surface area contributed by atoms with Crippen LogP contribution in [0.25, 0.3) is 0 Å². The zero-order valence-electron chi connectivity index (χ0n) is 22.3. The summed E-state index contributed by atoms with van der Waals surface area (Å²) in [5.74, 6) is -0.534. The van der Waals surface area contributed by atoms with E-state index in [9.17, 15) is 18.0 Å². The molecule has 1 aromatic carbocycles. The molecule has 3 aromatic rings. The van der Waals surface area contributed by atoms with Gasteiger partial charge in [-0.05, 0) is 38.0 Å². The normalized spacial score (nSPS) is 18.5. The van der Waals surface area contributed by atoms with Crippen LogP contribution in [0.4, 0.5) is 5.13 Å². The summed E-state index contributed by atoms with van der Waals surface area (Å²) in [6.07, 6.45) is 5.73. The highest BCUT2D eigenvalue weighted by molar-refractivity contribution is 7.92. The lowest BCUT2D eigenvalue weighted by atomic mass is 10.1. The molecule has 2 amide bonds. The Morgan fingerprint density at radius 2 is 2.00 bits per heavy atom. The minimum atomic E-state index is -3.36. The topological polar surface area (TPSA) is 139 Å². The van der Waals surface area contributed by atoms with Crippen LogP contribution >= 0.6 is 11.3 Å². The van der Waals surface area contributed by atoms with Crippen molar-refractivity contribution in [2.45, 2.75) is 49.1 Å². The third-order valence-corrected chi connectivity index (χ3v) is 10.00. The second-order valence-corrected chi connectivity index (χ2v) is 13.3. The molecule has 1 aliphatic carbocycles. The van der Waals surface area contributed by atoms with Crippen LogP contribution in [-0.4, -0.2) is 81.9 Å². The van der Waals surface area contributed by atoms with Crippen LogP contribution in [-0.2, 0) is 44.5 Å². The lowest BCUT2D eigenvalue weighted by molar-refractivity contribution is -0.122. The van der Waals surface area contributed by atoms with Gasteiger partial charge >= 0.3 is 0 Å². The van der Waals surface area contributed by atoms with Crippen LogP contribution in [0, 0.1) is 0 Å². The van der Waals surface area contributed by atoms with Crippen LogP contribution in [0.5, 0.6) is 0 Å². The maximum atomic E-state index is 13.3. The van der Waals surface area contributed by atoms with Gasteiger partial charge < -0.3 is 9.74 Å². The molecule has 1 N–H and O–H groups in total. The summed E-state index contributed by atoms with van der Waals surface area (Å²) in [7, 11) is -1.57. The molecule has 3 heterocycles. The van der Waals surface area contributed by atoms with Crippen LogP contribution in [0.15, 0.2) is 52.8 Å². The first-order chi connectivity index (χ1) is 19.2. The molecule has 212 valence electrons. The maximum absolute atomic E-state index is 13.3. The smallest absolute Gasteiger partial charge is 0.280 e. The van der Waals surface area contributed by atoms with Crippen molar-refractivity contribution in [3.05, 3.63) is 58.9 Å². The van der Waals surface area contributed by atoms with Gasteiger partial charge in [0.15, 0.2) is 27.3 Å². The van der Waals surface area contributed by atoms with Crippen LogP contribution < -0.4 is 5.32 Å². The van der Waals surface area contributed by atoms with Crippen molar-refractivity contribution in [2.24, 2.45) is 12.2 Å². The third kappa shape index (κ3) is 6.57. The number of aryl methyl sites for hydroxylation is 1. The molecule has 0 unspecified atom stereocenters. The molecule has 1 saturated heterocycles. The van der Waals surface area contributed by atoms with Gasteiger partial charge in [-0.2, -0.15) is 5.10 Å². The summed E-state index contributed by atoms with van der Waals surface area (Å²) in [5.41, 5.74) is 1.04. The van der Waals surface area contributed by atoms with Crippen molar-refractivity contribution >= 4 is 44.3 Å². The number of benzene rings is 1. The average Bonchev–Trinajstić information content (AvgIpc) is 3.60. The van der Waals surface area contributed by atoms with Gasteiger partial charge in [-0.15, -0.1) is 11.3 Å². The van der Waals surface area contributed by atoms with Crippen molar-refractivity contribution < 1.29 is 22.8 Å². The number of amides is 2. The number of oxime groups is 1. The summed E-state index contributed by atoms with van der Waals surface area (Å²) in [6, 6.07) is 8.03. The monoisotopic (exact) mass is 585 g/mol. The van der Waals surface area contributed by atoms with E-state index in [1.165, 1.54) is 23.5 Å². The maximum Gasteiger partial charge on any atom is 0.280 e. The van der Waals surface area contributed by atoms with E-state index in [0.717, 1.165) is 24.4 Å². The predicted octanol–water partition coefficient (Wildman–Crippen LogP) is 2.03. The van der Waals surface area contributed by atoms with Gasteiger partial charge in [-0.1, -0.05) is 17.3 Å². The highest BCUT2D eigenvalue weighted by atomic mass is 32.2. The zero-order chi connectivity index (χ0) is 28.3. The first-order valence-corrected chi connectivity index (χ1v) is 15.3. The molecule has 0 radical (unpaired) electrons. The molecule has 40 heavy (non-hydrogen) atoms. The number of piperazine rings is 1. The molecule has 2 fully saturated rings.